The standard InChI is InChI=1S/C20H24N2O2/c1-14(15-9-11-21-12-10-15)22-19(23)20(2,3)24-18-8-7-16-5-4-6-17(16)13-18/h7-14H,4-6H2,1-3H3,(H,22,23). The molecule has 1 aliphatic carbocycles. The number of benzene rings is 1. The van der Waals surface area contributed by atoms with E-state index in [1.54, 1.807) is 26.2 Å². The summed E-state index contributed by atoms with van der Waals surface area (Å²) >= 11 is 0. The van der Waals surface area contributed by atoms with Gasteiger partial charge in [-0.05, 0) is 81.0 Å². The molecule has 4 nitrogen and oxygen atoms in total. The molecule has 1 N–H and O–H groups in total. The van der Waals surface area contributed by atoms with Crippen molar-refractivity contribution in [2.24, 2.45) is 0 Å². The van der Waals surface area contributed by atoms with Gasteiger partial charge in [0.15, 0.2) is 5.60 Å². The van der Waals surface area contributed by atoms with Gasteiger partial charge in [0.05, 0.1) is 6.04 Å². The number of nitrogens with one attached hydrogen (secondary N) is 1. The van der Waals surface area contributed by atoms with Gasteiger partial charge in [0, 0.05) is 12.4 Å². The van der Waals surface area contributed by atoms with Crippen LogP contribution in [0.2, 0.25) is 0 Å². The molecule has 0 bridgehead atoms. The molecule has 1 aromatic carbocycles. The molecular weight excluding hydrogens is 300 g/mol. The van der Waals surface area contributed by atoms with Crippen LogP contribution in [-0.2, 0) is 17.6 Å². The van der Waals surface area contributed by atoms with Crippen LogP contribution in [0.5, 0.6) is 5.75 Å². The number of carbonyl (C=O) groups excluding carboxylic acids is 1. The van der Waals surface area contributed by atoms with Crippen molar-refractivity contribution in [3.05, 3.63) is 59.4 Å². The van der Waals surface area contributed by atoms with Gasteiger partial charge >= 0.3 is 0 Å². The molecule has 1 aliphatic rings. The molecule has 2 aromatic rings. The fourth-order valence-corrected chi connectivity index (χ4v) is 3.06. The predicted octanol–water partition coefficient (Wildman–Crippen LogP) is 3.61. The highest BCUT2D eigenvalue weighted by Crippen LogP contribution is 2.28. The normalized spacial score (nSPS) is 14.8. The number of ether oxygens (including phenoxy) is 1. The molecule has 1 amide bonds. The molecule has 1 heterocycles. The minimum absolute atomic E-state index is 0.0941. The summed E-state index contributed by atoms with van der Waals surface area (Å²) in [5.41, 5.74) is 2.82. The molecular formula is C20H24N2O2. The number of pyridine rings is 1. The Kier molecular flexibility index (Phi) is 4.56. The van der Waals surface area contributed by atoms with Crippen molar-refractivity contribution < 1.29 is 9.53 Å². The Morgan fingerprint density at radius 2 is 1.88 bits per heavy atom. The smallest absolute Gasteiger partial charge is 0.264 e. The highest BCUT2D eigenvalue weighted by Gasteiger charge is 2.31. The van der Waals surface area contributed by atoms with Gasteiger partial charge in [-0.15, -0.1) is 0 Å². The van der Waals surface area contributed by atoms with Crippen LogP contribution in [0.4, 0.5) is 0 Å². The van der Waals surface area contributed by atoms with Crippen LogP contribution >= 0.6 is 0 Å². The van der Waals surface area contributed by atoms with Crippen LogP contribution in [-0.4, -0.2) is 16.5 Å². The van der Waals surface area contributed by atoms with Gasteiger partial charge in [-0.3, -0.25) is 9.78 Å². The first-order valence-electron chi connectivity index (χ1n) is 8.47. The minimum Gasteiger partial charge on any atom is -0.478 e. The number of fused-ring (bicyclic) bond motifs is 1. The molecule has 3 rings (SSSR count). The first kappa shape index (κ1) is 16.5. The van der Waals surface area contributed by atoms with Gasteiger partial charge in [0.25, 0.3) is 5.91 Å². The Labute approximate surface area is 143 Å². The maximum Gasteiger partial charge on any atom is 0.264 e. The first-order valence-corrected chi connectivity index (χ1v) is 8.47. The molecule has 1 atom stereocenters. The van der Waals surface area contributed by atoms with E-state index < -0.39 is 5.60 Å². The van der Waals surface area contributed by atoms with Crippen molar-refractivity contribution in [2.75, 3.05) is 0 Å². The second kappa shape index (κ2) is 6.63. The maximum absolute atomic E-state index is 12.6. The van der Waals surface area contributed by atoms with Crippen LogP contribution < -0.4 is 10.1 Å². The summed E-state index contributed by atoms with van der Waals surface area (Å²) in [7, 11) is 0. The van der Waals surface area contributed by atoms with E-state index in [1.165, 1.54) is 17.5 Å². The van der Waals surface area contributed by atoms with Crippen molar-refractivity contribution in [1.29, 1.82) is 0 Å². The van der Waals surface area contributed by atoms with Crippen molar-refractivity contribution in [2.45, 2.75) is 51.7 Å². The summed E-state index contributed by atoms with van der Waals surface area (Å²) in [5.74, 6) is 0.625. The number of amides is 1. The molecule has 1 aromatic heterocycles. The fourth-order valence-electron chi connectivity index (χ4n) is 3.06. The Morgan fingerprint density at radius 3 is 2.62 bits per heavy atom. The molecule has 1 unspecified atom stereocenters. The van der Waals surface area contributed by atoms with Gasteiger partial charge in [-0.25, -0.2) is 0 Å². The van der Waals surface area contributed by atoms with Crippen molar-refractivity contribution in [3.63, 3.8) is 0 Å². The number of carbonyl (C=O) groups is 1. The third-order valence-electron chi connectivity index (χ3n) is 4.54. The van der Waals surface area contributed by atoms with Crippen LogP contribution in [0.1, 0.15) is 49.9 Å². The summed E-state index contributed by atoms with van der Waals surface area (Å²) in [6.45, 7) is 5.56. The van der Waals surface area contributed by atoms with E-state index in [1.807, 2.05) is 25.1 Å². The molecule has 0 spiro atoms. The van der Waals surface area contributed by atoms with Gasteiger partial charge < -0.3 is 10.1 Å². The summed E-state index contributed by atoms with van der Waals surface area (Å²) in [5, 5.41) is 3.02. The summed E-state index contributed by atoms with van der Waals surface area (Å²) in [4.78, 5) is 16.6. The van der Waals surface area contributed by atoms with E-state index in [9.17, 15) is 4.79 Å². The minimum atomic E-state index is -0.936. The first-order chi connectivity index (χ1) is 11.5. The summed E-state index contributed by atoms with van der Waals surface area (Å²) in [6, 6.07) is 9.86. The van der Waals surface area contributed by atoms with Crippen molar-refractivity contribution in [3.8, 4) is 5.75 Å². The molecule has 0 saturated carbocycles. The highest BCUT2D eigenvalue weighted by atomic mass is 16.5. The molecule has 0 aliphatic heterocycles. The predicted molar refractivity (Wildman–Crippen MR) is 94.0 cm³/mol. The van der Waals surface area contributed by atoms with E-state index in [-0.39, 0.29) is 11.9 Å². The van der Waals surface area contributed by atoms with Crippen LogP contribution in [0.15, 0.2) is 42.7 Å². The Hall–Kier alpha value is -2.36. The number of hydrogen-bond acceptors (Lipinski definition) is 3. The number of hydrogen-bond donors (Lipinski definition) is 1. The number of rotatable bonds is 5. The monoisotopic (exact) mass is 324 g/mol. The molecule has 126 valence electrons. The Balaban J connectivity index is 1.67. The SMILES string of the molecule is CC(NC(=O)C(C)(C)Oc1ccc2c(c1)CCC2)c1ccncc1. The molecule has 0 radical (unpaired) electrons. The van der Waals surface area contributed by atoms with Crippen LogP contribution in [0.25, 0.3) is 0 Å². The second-order valence-electron chi connectivity index (χ2n) is 6.87. The fraction of sp³-hybridized carbons (Fsp3) is 0.400. The molecule has 24 heavy (non-hydrogen) atoms. The number of aryl methyl sites for hydroxylation is 2. The lowest BCUT2D eigenvalue weighted by molar-refractivity contribution is -0.134. The van der Waals surface area contributed by atoms with Gasteiger partial charge in [0.2, 0.25) is 0 Å². The zero-order valence-electron chi connectivity index (χ0n) is 14.5. The van der Waals surface area contributed by atoms with E-state index in [4.69, 9.17) is 4.74 Å². The lowest BCUT2D eigenvalue weighted by Crippen LogP contribution is -2.47. The van der Waals surface area contributed by atoms with Gasteiger partial charge in [-0.2, -0.15) is 0 Å². The zero-order chi connectivity index (χ0) is 17.2. The van der Waals surface area contributed by atoms with E-state index in [0.717, 1.165) is 24.2 Å². The Bertz CT molecular complexity index is 726. The second-order valence-corrected chi connectivity index (χ2v) is 6.87. The third-order valence-corrected chi connectivity index (χ3v) is 4.54. The summed E-state index contributed by atoms with van der Waals surface area (Å²) in [6.07, 6.45) is 6.89. The van der Waals surface area contributed by atoms with E-state index in [0.29, 0.717) is 0 Å². The molecule has 0 fully saturated rings. The lowest BCUT2D eigenvalue weighted by atomic mass is 10.1. The lowest BCUT2D eigenvalue weighted by Gasteiger charge is -2.27. The summed E-state index contributed by atoms with van der Waals surface area (Å²) < 4.78 is 6.00. The third kappa shape index (κ3) is 3.58. The van der Waals surface area contributed by atoms with Gasteiger partial charge in [-0.1, -0.05) is 6.07 Å². The topological polar surface area (TPSA) is 51.2 Å². The zero-order valence-corrected chi connectivity index (χ0v) is 14.5. The largest absolute Gasteiger partial charge is 0.478 e. The highest BCUT2D eigenvalue weighted by molar-refractivity contribution is 5.85. The number of nitrogens with zero attached hydrogens (tertiary/aromatic N) is 1. The van der Waals surface area contributed by atoms with Crippen LogP contribution in [0, 0.1) is 0 Å². The van der Waals surface area contributed by atoms with Crippen molar-refractivity contribution >= 4 is 5.91 Å². The van der Waals surface area contributed by atoms with Crippen LogP contribution in [0.3, 0.4) is 0 Å². The average Bonchev–Trinajstić information content (AvgIpc) is 3.03. The molecule has 0 saturated heterocycles. The van der Waals surface area contributed by atoms with Crippen molar-refractivity contribution in [1.82, 2.24) is 10.3 Å². The van der Waals surface area contributed by atoms with E-state index >= 15 is 0 Å². The Morgan fingerprint density at radius 1 is 1.17 bits per heavy atom. The average molecular weight is 324 g/mol. The maximum atomic E-state index is 12.6. The van der Waals surface area contributed by atoms with Gasteiger partial charge in [0.1, 0.15) is 5.75 Å². The quantitative estimate of drug-likeness (QED) is 0.914. The van der Waals surface area contributed by atoms with E-state index in [2.05, 4.69) is 22.4 Å². The molecule has 4 heteroatoms. The number of aromatic nitrogens is 1.